The molecule has 1 unspecified atom stereocenters. The van der Waals surface area contributed by atoms with Crippen molar-refractivity contribution in [2.45, 2.75) is 12.3 Å². The Kier molecular flexibility index (Phi) is 3.98. The highest BCUT2D eigenvalue weighted by Crippen LogP contribution is 2.34. The average Bonchev–Trinajstić information content (AvgIpc) is 2.74. The number of benzene rings is 3. The molecule has 136 valence electrons. The van der Waals surface area contributed by atoms with Crippen LogP contribution in [0.3, 0.4) is 0 Å². The molecule has 0 aliphatic carbocycles. The van der Waals surface area contributed by atoms with Crippen LogP contribution in [0, 0.1) is 0 Å². The molecular formula is C23H18N4O. The standard InChI is InChI=1S/C23H18N4O/c28-22-20(19-12-6-8-15-7-4-5-11-18(15)19)13-16-14-24-23(27-21(16)26-22)25-17-9-2-1-3-10-17/h1-12,14,20H,13H2,(H2,24,25,26,27,28). The summed E-state index contributed by atoms with van der Waals surface area (Å²) >= 11 is 0. The molecule has 2 heterocycles. The molecule has 5 nitrogen and oxygen atoms in total. The van der Waals surface area contributed by atoms with Crippen molar-refractivity contribution >= 4 is 34.1 Å². The van der Waals surface area contributed by atoms with Crippen LogP contribution in [0.4, 0.5) is 17.5 Å². The molecular weight excluding hydrogens is 348 g/mol. The third-order valence-electron chi connectivity index (χ3n) is 5.08. The Morgan fingerprint density at radius 2 is 1.71 bits per heavy atom. The summed E-state index contributed by atoms with van der Waals surface area (Å²) in [5.74, 6) is 0.757. The number of hydrogen-bond donors (Lipinski definition) is 2. The number of nitrogens with zero attached hydrogens (tertiary/aromatic N) is 2. The zero-order valence-electron chi connectivity index (χ0n) is 15.1. The molecule has 0 saturated heterocycles. The number of carbonyl (C=O) groups excluding carboxylic acids is 1. The van der Waals surface area contributed by atoms with E-state index in [0.29, 0.717) is 18.2 Å². The number of rotatable bonds is 3. The number of hydrogen-bond acceptors (Lipinski definition) is 4. The van der Waals surface area contributed by atoms with E-state index in [4.69, 9.17) is 0 Å². The molecule has 1 atom stereocenters. The van der Waals surface area contributed by atoms with Crippen molar-refractivity contribution in [1.82, 2.24) is 9.97 Å². The molecule has 0 saturated carbocycles. The molecule has 1 aromatic heterocycles. The highest BCUT2D eigenvalue weighted by atomic mass is 16.2. The molecule has 3 aromatic carbocycles. The minimum atomic E-state index is -0.255. The van der Waals surface area contributed by atoms with E-state index in [2.05, 4.69) is 38.8 Å². The van der Waals surface area contributed by atoms with E-state index in [9.17, 15) is 4.79 Å². The molecule has 0 radical (unpaired) electrons. The third kappa shape index (κ3) is 2.97. The van der Waals surface area contributed by atoms with E-state index < -0.39 is 0 Å². The van der Waals surface area contributed by atoms with Gasteiger partial charge in [0.25, 0.3) is 0 Å². The van der Waals surface area contributed by atoms with E-state index in [-0.39, 0.29) is 11.8 Å². The second-order valence-corrected chi connectivity index (χ2v) is 6.87. The van der Waals surface area contributed by atoms with Crippen molar-refractivity contribution in [3.05, 3.63) is 90.1 Å². The Morgan fingerprint density at radius 3 is 2.61 bits per heavy atom. The molecule has 5 heteroatoms. The number of carbonyl (C=O) groups is 1. The summed E-state index contributed by atoms with van der Waals surface area (Å²) in [6, 6.07) is 24.0. The highest BCUT2D eigenvalue weighted by molar-refractivity contribution is 6.01. The van der Waals surface area contributed by atoms with Gasteiger partial charge in [0.05, 0.1) is 5.92 Å². The number of para-hydroxylation sites is 1. The second kappa shape index (κ2) is 6.78. The van der Waals surface area contributed by atoms with Crippen molar-refractivity contribution < 1.29 is 4.79 Å². The average molecular weight is 366 g/mol. The van der Waals surface area contributed by atoms with Crippen LogP contribution in [-0.2, 0) is 11.2 Å². The van der Waals surface area contributed by atoms with E-state index in [1.165, 1.54) is 0 Å². The number of nitrogens with one attached hydrogen (secondary N) is 2. The summed E-state index contributed by atoms with van der Waals surface area (Å²) in [5.41, 5.74) is 2.88. The highest BCUT2D eigenvalue weighted by Gasteiger charge is 2.30. The van der Waals surface area contributed by atoms with Crippen LogP contribution >= 0.6 is 0 Å². The lowest BCUT2D eigenvalue weighted by Gasteiger charge is -2.25. The lowest BCUT2D eigenvalue weighted by atomic mass is 9.86. The molecule has 28 heavy (non-hydrogen) atoms. The SMILES string of the molecule is O=C1Nc2nc(Nc3ccccc3)ncc2CC1c1cccc2ccccc12. The van der Waals surface area contributed by atoms with Gasteiger partial charge in [-0.2, -0.15) is 4.98 Å². The first kappa shape index (κ1) is 16.4. The fourth-order valence-corrected chi connectivity index (χ4v) is 3.70. The Labute approximate surface area is 162 Å². The smallest absolute Gasteiger partial charge is 0.233 e. The van der Waals surface area contributed by atoms with Crippen LogP contribution in [0.25, 0.3) is 10.8 Å². The first-order chi connectivity index (χ1) is 13.8. The molecule has 2 N–H and O–H groups in total. The first-order valence-corrected chi connectivity index (χ1v) is 9.24. The predicted molar refractivity (Wildman–Crippen MR) is 111 cm³/mol. The van der Waals surface area contributed by atoms with Gasteiger partial charge < -0.3 is 10.6 Å². The van der Waals surface area contributed by atoms with Crippen molar-refractivity contribution in [3.8, 4) is 0 Å². The van der Waals surface area contributed by atoms with Crippen LogP contribution in [0.1, 0.15) is 17.0 Å². The van der Waals surface area contributed by atoms with Crippen LogP contribution < -0.4 is 10.6 Å². The summed E-state index contributed by atoms with van der Waals surface area (Å²) < 4.78 is 0. The fourth-order valence-electron chi connectivity index (χ4n) is 3.70. The van der Waals surface area contributed by atoms with Gasteiger partial charge in [0, 0.05) is 17.4 Å². The normalized spacial score (nSPS) is 15.7. The summed E-state index contributed by atoms with van der Waals surface area (Å²) in [4.78, 5) is 21.8. The number of amides is 1. The zero-order chi connectivity index (χ0) is 18.9. The van der Waals surface area contributed by atoms with Gasteiger partial charge in [-0.1, -0.05) is 60.7 Å². The fraction of sp³-hybridized carbons (Fsp3) is 0.0870. The largest absolute Gasteiger partial charge is 0.324 e. The minimum Gasteiger partial charge on any atom is -0.324 e. The van der Waals surface area contributed by atoms with Gasteiger partial charge in [0.1, 0.15) is 5.82 Å². The van der Waals surface area contributed by atoms with Gasteiger partial charge >= 0.3 is 0 Å². The Bertz CT molecular complexity index is 1170. The van der Waals surface area contributed by atoms with Gasteiger partial charge in [-0.3, -0.25) is 4.79 Å². The van der Waals surface area contributed by atoms with Gasteiger partial charge in [-0.05, 0) is 34.9 Å². The molecule has 0 fully saturated rings. The predicted octanol–water partition coefficient (Wildman–Crippen LogP) is 4.65. The number of fused-ring (bicyclic) bond motifs is 2. The molecule has 4 aromatic rings. The first-order valence-electron chi connectivity index (χ1n) is 9.24. The lowest BCUT2D eigenvalue weighted by molar-refractivity contribution is -0.117. The van der Waals surface area contributed by atoms with E-state index in [0.717, 1.165) is 27.6 Å². The molecule has 0 bridgehead atoms. The minimum absolute atomic E-state index is 0.0341. The second-order valence-electron chi connectivity index (χ2n) is 6.87. The number of aromatic nitrogens is 2. The summed E-state index contributed by atoms with van der Waals surface area (Å²) in [6.45, 7) is 0. The van der Waals surface area contributed by atoms with Gasteiger partial charge in [-0.25, -0.2) is 4.98 Å². The number of anilines is 3. The Morgan fingerprint density at radius 1 is 0.929 bits per heavy atom. The summed E-state index contributed by atoms with van der Waals surface area (Å²) in [5, 5.41) is 8.38. The van der Waals surface area contributed by atoms with Crippen molar-refractivity contribution in [2.24, 2.45) is 0 Å². The van der Waals surface area contributed by atoms with E-state index in [1.54, 1.807) is 6.20 Å². The lowest BCUT2D eigenvalue weighted by Crippen LogP contribution is -2.29. The van der Waals surface area contributed by atoms with E-state index >= 15 is 0 Å². The maximum atomic E-state index is 12.9. The maximum absolute atomic E-state index is 12.9. The molecule has 1 aliphatic heterocycles. The van der Waals surface area contributed by atoms with Crippen LogP contribution in [0.5, 0.6) is 0 Å². The van der Waals surface area contributed by atoms with Crippen molar-refractivity contribution in [1.29, 1.82) is 0 Å². The molecule has 1 amide bonds. The molecule has 0 spiro atoms. The van der Waals surface area contributed by atoms with Crippen molar-refractivity contribution in [3.63, 3.8) is 0 Å². The van der Waals surface area contributed by atoms with E-state index in [1.807, 2.05) is 54.6 Å². The van der Waals surface area contributed by atoms with Crippen LogP contribution in [-0.4, -0.2) is 15.9 Å². The monoisotopic (exact) mass is 366 g/mol. The topological polar surface area (TPSA) is 66.9 Å². The zero-order valence-corrected chi connectivity index (χ0v) is 15.1. The quantitative estimate of drug-likeness (QED) is 0.554. The molecule has 1 aliphatic rings. The van der Waals surface area contributed by atoms with Gasteiger partial charge in [0.15, 0.2) is 0 Å². The maximum Gasteiger partial charge on any atom is 0.233 e. The Balaban J connectivity index is 1.46. The van der Waals surface area contributed by atoms with Crippen molar-refractivity contribution in [2.75, 3.05) is 10.6 Å². The summed E-state index contributed by atoms with van der Waals surface area (Å²) in [6.07, 6.45) is 2.38. The Hall–Kier alpha value is -3.73. The van der Waals surface area contributed by atoms with Crippen LogP contribution in [0.15, 0.2) is 79.0 Å². The van der Waals surface area contributed by atoms with Gasteiger partial charge in [0.2, 0.25) is 11.9 Å². The van der Waals surface area contributed by atoms with Gasteiger partial charge in [-0.15, -0.1) is 0 Å². The summed E-state index contributed by atoms with van der Waals surface area (Å²) in [7, 11) is 0. The van der Waals surface area contributed by atoms with Crippen LogP contribution in [0.2, 0.25) is 0 Å². The molecule has 5 rings (SSSR count). The third-order valence-corrected chi connectivity index (χ3v) is 5.08.